The van der Waals surface area contributed by atoms with Gasteiger partial charge in [-0.25, -0.2) is 19.9 Å². The zero-order valence-corrected chi connectivity index (χ0v) is 20.7. The van der Waals surface area contributed by atoms with Crippen LogP contribution in [0, 0.1) is 6.92 Å². The Morgan fingerprint density at radius 2 is 2.06 bits per heavy atom. The van der Waals surface area contributed by atoms with E-state index >= 15 is 0 Å². The van der Waals surface area contributed by atoms with E-state index in [0.29, 0.717) is 34.2 Å². The summed E-state index contributed by atoms with van der Waals surface area (Å²) in [5.41, 5.74) is 2.55. The number of rotatable bonds is 7. The lowest BCUT2D eigenvalue weighted by atomic mass is 10.3. The molecule has 1 aliphatic heterocycles. The fourth-order valence-electron chi connectivity index (χ4n) is 3.58. The van der Waals surface area contributed by atoms with Crippen LogP contribution in [0.2, 0.25) is 5.02 Å². The molecule has 1 aromatic carbocycles. The van der Waals surface area contributed by atoms with Gasteiger partial charge in [0.15, 0.2) is 16.1 Å². The van der Waals surface area contributed by atoms with Gasteiger partial charge >= 0.3 is 0 Å². The molecule has 0 aliphatic carbocycles. The number of nitrogens with zero attached hydrogens (tertiary/aromatic N) is 6. The maximum Gasteiger partial charge on any atom is 0.193 e. The van der Waals surface area contributed by atoms with Gasteiger partial charge in [0.1, 0.15) is 0 Å². The minimum atomic E-state index is -0.238. The minimum absolute atomic E-state index is 0.238. The van der Waals surface area contributed by atoms with Gasteiger partial charge in [0.2, 0.25) is 0 Å². The standard InChI is InChI=1S/C23H22ClN7OS2/c1-14-8-18(29-23(28-14)33-19-5-3-2-4-17(19)24)20-10-27-22(34-20)30-21-11-25-15(9-26-21)12-31-7-6-16(32)13-31/h2-5,8-11,16,32H,6-7,12-13H2,1H3,(H,26,27,30)/t16-/m0/s1. The third-order valence-corrected chi connectivity index (χ3v) is 7.52. The number of β-amino-alcohol motifs (C(OH)–C–C–N with tert-alkyl or cyclic N) is 1. The molecule has 0 spiro atoms. The van der Waals surface area contributed by atoms with Gasteiger partial charge in [-0.05, 0) is 43.3 Å². The number of thiazole rings is 1. The summed E-state index contributed by atoms with van der Waals surface area (Å²) in [6, 6.07) is 9.59. The predicted molar refractivity (Wildman–Crippen MR) is 135 cm³/mol. The summed E-state index contributed by atoms with van der Waals surface area (Å²) < 4.78 is 0. The van der Waals surface area contributed by atoms with Crippen molar-refractivity contribution >= 4 is 45.6 Å². The zero-order valence-electron chi connectivity index (χ0n) is 18.3. The highest BCUT2D eigenvalue weighted by Gasteiger charge is 2.20. The Hall–Kier alpha value is -2.63. The Morgan fingerprint density at radius 1 is 1.18 bits per heavy atom. The second-order valence-electron chi connectivity index (χ2n) is 7.93. The lowest BCUT2D eigenvalue weighted by Crippen LogP contribution is -2.22. The van der Waals surface area contributed by atoms with Crippen molar-refractivity contribution in [2.24, 2.45) is 0 Å². The zero-order chi connectivity index (χ0) is 23.5. The maximum absolute atomic E-state index is 9.67. The van der Waals surface area contributed by atoms with Gasteiger partial charge in [-0.3, -0.25) is 9.88 Å². The highest BCUT2D eigenvalue weighted by molar-refractivity contribution is 7.99. The number of nitrogens with one attached hydrogen (secondary N) is 1. The second kappa shape index (κ2) is 10.3. The van der Waals surface area contributed by atoms with E-state index in [2.05, 4.69) is 30.2 Å². The normalized spacial score (nSPS) is 16.1. The molecule has 4 heterocycles. The molecular formula is C23H22ClN7OS2. The van der Waals surface area contributed by atoms with Crippen LogP contribution in [0.25, 0.3) is 10.6 Å². The molecule has 0 saturated carbocycles. The van der Waals surface area contributed by atoms with Crippen LogP contribution in [-0.2, 0) is 6.54 Å². The number of aryl methyl sites for hydroxylation is 1. The van der Waals surface area contributed by atoms with E-state index in [9.17, 15) is 5.11 Å². The number of aliphatic hydroxyl groups is 1. The van der Waals surface area contributed by atoms with Crippen LogP contribution in [0.3, 0.4) is 0 Å². The van der Waals surface area contributed by atoms with E-state index in [1.165, 1.54) is 23.1 Å². The van der Waals surface area contributed by atoms with E-state index in [1.807, 2.05) is 37.3 Å². The van der Waals surface area contributed by atoms with Gasteiger partial charge in [0.25, 0.3) is 0 Å². The number of anilines is 2. The number of aliphatic hydroxyl groups excluding tert-OH is 1. The van der Waals surface area contributed by atoms with Crippen LogP contribution in [0.1, 0.15) is 17.8 Å². The highest BCUT2D eigenvalue weighted by Crippen LogP contribution is 2.34. The number of hydrogen-bond donors (Lipinski definition) is 2. The molecule has 0 unspecified atom stereocenters. The first kappa shape index (κ1) is 23.1. The molecule has 174 valence electrons. The van der Waals surface area contributed by atoms with Crippen LogP contribution in [0.15, 0.2) is 59.0 Å². The van der Waals surface area contributed by atoms with Gasteiger partial charge in [-0.15, -0.1) is 0 Å². The average Bonchev–Trinajstić information content (AvgIpc) is 3.45. The van der Waals surface area contributed by atoms with Crippen molar-refractivity contribution < 1.29 is 5.11 Å². The fourth-order valence-corrected chi connectivity index (χ4v) is 5.46. The first-order valence-electron chi connectivity index (χ1n) is 10.7. The van der Waals surface area contributed by atoms with Crippen molar-refractivity contribution in [1.29, 1.82) is 0 Å². The Kier molecular flexibility index (Phi) is 7.02. The SMILES string of the molecule is Cc1cc(-c2cnc(Nc3cnc(CN4CC[C@H](O)C4)cn3)s2)nc(Sc2ccccc2Cl)n1. The molecule has 5 rings (SSSR count). The second-order valence-corrected chi connectivity index (χ2v) is 10.4. The monoisotopic (exact) mass is 511 g/mol. The third kappa shape index (κ3) is 5.70. The van der Waals surface area contributed by atoms with Crippen LogP contribution < -0.4 is 5.32 Å². The summed E-state index contributed by atoms with van der Waals surface area (Å²) in [4.78, 5) is 26.7. The largest absolute Gasteiger partial charge is 0.392 e. The highest BCUT2D eigenvalue weighted by atomic mass is 35.5. The van der Waals surface area contributed by atoms with Gasteiger partial charge in [-0.1, -0.05) is 35.1 Å². The molecule has 1 atom stereocenters. The van der Waals surface area contributed by atoms with Crippen molar-refractivity contribution in [3.05, 3.63) is 65.3 Å². The topological polar surface area (TPSA) is 100.0 Å². The van der Waals surface area contributed by atoms with Crippen LogP contribution in [0.4, 0.5) is 10.9 Å². The van der Waals surface area contributed by atoms with Crippen molar-refractivity contribution in [1.82, 2.24) is 29.8 Å². The first-order chi connectivity index (χ1) is 16.5. The van der Waals surface area contributed by atoms with E-state index in [1.54, 1.807) is 18.6 Å². The summed E-state index contributed by atoms with van der Waals surface area (Å²) in [6.45, 7) is 4.20. The smallest absolute Gasteiger partial charge is 0.193 e. The third-order valence-electron chi connectivity index (χ3n) is 5.20. The molecule has 11 heteroatoms. The summed E-state index contributed by atoms with van der Waals surface area (Å²) in [7, 11) is 0. The van der Waals surface area contributed by atoms with Gasteiger partial charge in [-0.2, -0.15) is 0 Å². The molecule has 0 radical (unpaired) electrons. The minimum Gasteiger partial charge on any atom is -0.392 e. The molecule has 0 amide bonds. The van der Waals surface area contributed by atoms with Gasteiger partial charge in [0, 0.05) is 36.4 Å². The molecule has 2 N–H and O–H groups in total. The van der Waals surface area contributed by atoms with E-state index in [4.69, 9.17) is 16.6 Å². The number of benzene rings is 1. The van der Waals surface area contributed by atoms with Crippen LogP contribution >= 0.6 is 34.7 Å². The number of hydrogen-bond acceptors (Lipinski definition) is 10. The van der Waals surface area contributed by atoms with Crippen molar-refractivity contribution in [2.45, 2.75) is 36.0 Å². The average molecular weight is 512 g/mol. The molecule has 3 aromatic heterocycles. The quantitative estimate of drug-likeness (QED) is 0.338. The Bertz CT molecular complexity index is 1280. The Labute approximate surface area is 210 Å². The number of halogens is 1. The molecule has 1 saturated heterocycles. The Morgan fingerprint density at radius 3 is 2.82 bits per heavy atom. The molecule has 34 heavy (non-hydrogen) atoms. The summed E-state index contributed by atoms with van der Waals surface area (Å²) in [6.07, 6.45) is 5.83. The van der Waals surface area contributed by atoms with E-state index < -0.39 is 0 Å². The van der Waals surface area contributed by atoms with E-state index in [0.717, 1.165) is 39.8 Å². The van der Waals surface area contributed by atoms with Crippen molar-refractivity contribution in [2.75, 3.05) is 18.4 Å². The number of likely N-dealkylation sites (tertiary alicyclic amines) is 1. The van der Waals surface area contributed by atoms with Crippen molar-refractivity contribution in [3.63, 3.8) is 0 Å². The fraction of sp³-hybridized carbons (Fsp3) is 0.261. The lowest BCUT2D eigenvalue weighted by molar-refractivity contribution is 0.174. The van der Waals surface area contributed by atoms with Crippen LogP contribution in [0.5, 0.6) is 0 Å². The Balaban J connectivity index is 1.26. The van der Waals surface area contributed by atoms with Gasteiger partial charge in [0.05, 0.1) is 39.8 Å². The summed E-state index contributed by atoms with van der Waals surface area (Å²) in [5.74, 6) is 0.625. The van der Waals surface area contributed by atoms with Crippen LogP contribution in [-0.4, -0.2) is 54.1 Å². The molecule has 1 aliphatic rings. The van der Waals surface area contributed by atoms with Crippen molar-refractivity contribution in [3.8, 4) is 10.6 Å². The molecule has 8 nitrogen and oxygen atoms in total. The predicted octanol–water partition coefficient (Wildman–Crippen LogP) is 4.81. The van der Waals surface area contributed by atoms with E-state index in [-0.39, 0.29) is 6.10 Å². The first-order valence-corrected chi connectivity index (χ1v) is 12.8. The molecule has 1 fully saturated rings. The molecule has 4 aromatic rings. The summed E-state index contributed by atoms with van der Waals surface area (Å²) >= 11 is 9.22. The molecular weight excluding hydrogens is 490 g/mol. The lowest BCUT2D eigenvalue weighted by Gasteiger charge is -2.13. The molecule has 0 bridgehead atoms. The summed E-state index contributed by atoms with van der Waals surface area (Å²) in [5, 5.41) is 14.9. The maximum atomic E-state index is 9.67. The number of aromatic nitrogens is 5. The van der Waals surface area contributed by atoms with Gasteiger partial charge < -0.3 is 10.4 Å².